The molecule has 2 aromatic rings. The van der Waals surface area contributed by atoms with Crippen LogP contribution in [0, 0.1) is 0 Å². The van der Waals surface area contributed by atoms with E-state index in [1.165, 1.54) is 13.3 Å². The van der Waals surface area contributed by atoms with Crippen LogP contribution in [-0.2, 0) is 16.1 Å². The lowest BCUT2D eigenvalue weighted by Gasteiger charge is -2.21. The fraction of sp³-hybridized carbons (Fsp3) is 0.389. The molecule has 27 heavy (non-hydrogen) atoms. The molecule has 1 heterocycles. The molecule has 1 atom stereocenters. The Morgan fingerprint density at radius 3 is 2.41 bits per heavy atom. The van der Waals surface area contributed by atoms with Gasteiger partial charge in [0.2, 0.25) is 0 Å². The number of amides is 3. The van der Waals surface area contributed by atoms with E-state index in [1.54, 1.807) is 56.0 Å². The lowest BCUT2D eigenvalue weighted by atomic mass is 10.1. The second-order valence-electron chi connectivity index (χ2n) is 7.03. The first-order chi connectivity index (χ1) is 12.6. The zero-order chi connectivity index (χ0) is 20.0. The van der Waals surface area contributed by atoms with E-state index in [-0.39, 0.29) is 0 Å². The summed E-state index contributed by atoms with van der Waals surface area (Å²) in [5.41, 5.74) is 0.746. The Morgan fingerprint density at radius 2 is 1.85 bits per heavy atom. The molecular weight excluding hydrogens is 350 g/mol. The van der Waals surface area contributed by atoms with Gasteiger partial charge in [-0.2, -0.15) is 5.10 Å². The topological polar surface area (TPSA) is 115 Å². The molecule has 9 nitrogen and oxygen atoms in total. The largest absolute Gasteiger partial charge is 0.449 e. The Morgan fingerprint density at radius 1 is 1.19 bits per heavy atom. The highest BCUT2D eigenvalue weighted by molar-refractivity contribution is 5.98. The van der Waals surface area contributed by atoms with Gasteiger partial charge >= 0.3 is 12.0 Å². The van der Waals surface area contributed by atoms with Gasteiger partial charge < -0.3 is 10.1 Å². The van der Waals surface area contributed by atoms with Crippen molar-refractivity contribution in [1.82, 2.24) is 25.4 Å². The smallest absolute Gasteiger partial charge is 0.338 e. The SMILES string of the molecule is CC(OC(=O)c1ccc(Cn2cncn2)cc1)C(=O)NC(=O)NC(C)(C)C. The zero-order valence-electron chi connectivity index (χ0n) is 15.7. The molecule has 2 N–H and O–H groups in total. The second kappa shape index (κ2) is 8.43. The molecule has 0 saturated heterocycles. The summed E-state index contributed by atoms with van der Waals surface area (Å²) in [6.45, 7) is 7.28. The second-order valence-corrected chi connectivity index (χ2v) is 7.03. The third kappa shape index (κ3) is 6.53. The van der Waals surface area contributed by atoms with Crippen molar-refractivity contribution < 1.29 is 19.1 Å². The number of esters is 1. The number of benzene rings is 1. The van der Waals surface area contributed by atoms with E-state index in [0.29, 0.717) is 12.1 Å². The van der Waals surface area contributed by atoms with E-state index in [4.69, 9.17) is 4.74 Å². The van der Waals surface area contributed by atoms with Crippen molar-refractivity contribution in [2.75, 3.05) is 0 Å². The van der Waals surface area contributed by atoms with E-state index < -0.39 is 29.6 Å². The van der Waals surface area contributed by atoms with Crippen molar-refractivity contribution in [2.45, 2.75) is 45.9 Å². The molecule has 9 heteroatoms. The normalized spacial score (nSPS) is 12.1. The Kier molecular flexibility index (Phi) is 6.27. The quantitative estimate of drug-likeness (QED) is 0.768. The molecule has 3 amide bonds. The van der Waals surface area contributed by atoms with E-state index in [9.17, 15) is 14.4 Å². The van der Waals surface area contributed by atoms with Gasteiger partial charge in [-0.1, -0.05) is 12.1 Å². The summed E-state index contributed by atoms with van der Waals surface area (Å²) >= 11 is 0. The van der Waals surface area contributed by atoms with Crippen LogP contribution in [0.25, 0.3) is 0 Å². The summed E-state index contributed by atoms with van der Waals surface area (Å²) in [6.07, 6.45) is 1.93. The van der Waals surface area contributed by atoms with Crippen LogP contribution in [0.4, 0.5) is 4.79 Å². The van der Waals surface area contributed by atoms with Gasteiger partial charge in [0.05, 0.1) is 12.1 Å². The van der Waals surface area contributed by atoms with E-state index in [2.05, 4.69) is 20.7 Å². The van der Waals surface area contributed by atoms with Gasteiger partial charge in [0, 0.05) is 5.54 Å². The van der Waals surface area contributed by atoms with Crippen LogP contribution in [0.5, 0.6) is 0 Å². The molecule has 144 valence electrons. The van der Waals surface area contributed by atoms with Crippen LogP contribution in [0.3, 0.4) is 0 Å². The monoisotopic (exact) mass is 373 g/mol. The van der Waals surface area contributed by atoms with Crippen molar-refractivity contribution in [3.63, 3.8) is 0 Å². The van der Waals surface area contributed by atoms with Crippen molar-refractivity contribution in [1.29, 1.82) is 0 Å². The molecule has 0 radical (unpaired) electrons. The fourth-order valence-corrected chi connectivity index (χ4v) is 2.12. The number of hydrogen-bond donors (Lipinski definition) is 2. The van der Waals surface area contributed by atoms with Crippen molar-refractivity contribution in [2.24, 2.45) is 0 Å². The molecule has 0 spiro atoms. The number of aromatic nitrogens is 3. The number of imide groups is 1. The third-order valence-electron chi connectivity index (χ3n) is 3.38. The third-order valence-corrected chi connectivity index (χ3v) is 3.38. The highest BCUT2D eigenvalue weighted by atomic mass is 16.5. The average molecular weight is 373 g/mol. The van der Waals surface area contributed by atoms with Crippen LogP contribution in [0.1, 0.15) is 43.6 Å². The number of rotatable bonds is 5. The maximum atomic E-state index is 12.2. The van der Waals surface area contributed by atoms with Crippen LogP contribution in [-0.4, -0.2) is 44.3 Å². The fourth-order valence-electron chi connectivity index (χ4n) is 2.12. The van der Waals surface area contributed by atoms with E-state index in [1.807, 2.05) is 0 Å². The number of nitrogens with one attached hydrogen (secondary N) is 2. The summed E-state index contributed by atoms with van der Waals surface area (Å²) < 4.78 is 6.77. The maximum absolute atomic E-state index is 12.2. The molecule has 0 bridgehead atoms. The number of urea groups is 1. The highest BCUT2D eigenvalue weighted by Gasteiger charge is 2.22. The number of carbonyl (C=O) groups is 3. The lowest BCUT2D eigenvalue weighted by molar-refractivity contribution is -0.127. The van der Waals surface area contributed by atoms with Crippen LogP contribution in [0.15, 0.2) is 36.9 Å². The summed E-state index contributed by atoms with van der Waals surface area (Å²) in [4.78, 5) is 39.7. The maximum Gasteiger partial charge on any atom is 0.338 e. The minimum Gasteiger partial charge on any atom is -0.449 e. The standard InChI is InChI=1S/C18H23N5O4/c1-12(15(24)21-17(26)22-18(2,3)4)27-16(25)14-7-5-13(6-8-14)9-23-11-19-10-20-23/h5-8,10-12H,9H2,1-4H3,(H2,21,22,24,26). The van der Waals surface area contributed by atoms with Gasteiger partial charge in [0.1, 0.15) is 12.7 Å². The first-order valence-electron chi connectivity index (χ1n) is 8.39. The number of nitrogens with zero attached hydrogens (tertiary/aromatic N) is 3. The van der Waals surface area contributed by atoms with Crippen molar-refractivity contribution >= 4 is 17.9 Å². The van der Waals surface area contributed by atoms with Crippen LogP contribution >= 0.6 is 0 Å². The van der Waals surface area contributed by atoms with Gasteiger partial charge in [-0.25, -0.2) is 19.3 Å². The Labute approximate surface area is 157 Å². The van der Waals surface area contributed by atoms with Gasteiger partial charge in [-0.05, 0) is 45.4 Å². The Hall–Kier alpha value is -3.23. The number of hydrogen-bond acceptors (Lipinski definition) is 6. The molecule has 1 aromatic heterocycles. The molecular formula is C18H23N5O4. The van der Waals surface area contributed by atoms with Gasteiger partial charge in [-0.3, -0.25) is 10.1 Å². The molecule has 1 aromatic carbocycles. The molecule has 0 fully saturated rings. The summed E-state index contributed by atoms with van der Waals surface area (Å²) in [6, 6.07) is 6.09. The molecule has 0 aliphatic carbocycles. The zero-order valence-corrected chi connectivity index (χ0v) is 15.7. The minimum atomic E-state index is -1.11. The summed E-state index contributed by atoms with van der Waals surface area (Å²) in [5.74, 6) is -1.35. The summed E-state index contributed by atoms with van der Waals surface area (Å²) in [7, 11) is 0. The van der Waals surface area contributed by atoms with Crippen molar-refractivity contribution in [3.05, 3.63) is 48.0 Å². The van der Waals surface area contributed by atoms with Gasteiger partial charge in [-0.15, -0.1) is 0 Å². The highest BCUT2D eigenvalue weighted by Crippen LogP contribution is 2.09. The number of carbonyl (C=O) groups excluding carboxylic acids is 3. The first-order valence-corrected chi connectivity index (χ1v) is 8.39. The molecule has 0 saturated carbocycles. The average Bonchev–Trinajstić information content (AvgIpc) is 3.06. The predicted octanol–water partition coefficient (Wildman–Crippen LogP) is 1.50. The van der Waals surface area contributed by atoms with Crippen LogP contribution < -0.4 is 10.6 Å². The molecule has 2 rings (SSSR count). The van der Waals surface area contributed by atoms with Gasteiger partial charge in [0.25, 0.3) is 5.91 Å². The minimum absolute atomic E-state index is 0.302. The Bertz CT molecular complexity index is 794. The Balaban J connectivity index is 1.88. The number of ether oxygens (including phenoxy) is 1. The predicted molar refractivity (Wildman–Crippen MR) is 96.9 cm³/mol. The molecule has 0 aliphatic rings. The van der Waals surface area contributed by atoms with E-state index in [0.717, 1.165) is 5.56 Å². The van der Waals surface area contributed by atoms with E-state index >= 15 is 0 Å². The first kappa shape index (κ1) is 20.1. The van der Waals surface area contributed by atoms with Crippen molar-refractivity contribution in [3.8, 4) is 0 Å². The lowest BCUT2D eigenvalue weighted by Crippen LogP contribution is -2.50. The van der Waals surface area contributed by atoms with Crippen LogP contribution in [0.2, 0.25) is 0 Å². The summed E-state index contributed by atoms with van der Waals surface area (Å²) in [5, 5.41) is 8.75. The molecule has 1 unspecified atom stereocenters. The molecule has 0 aliphatic heterocycles. The van der Waals surface area contributed by atoms with Gasteiger partial charge in [0.15, 0.2) is 6.10 Å².